The molecule has 0 atom stereocenters. The number of rotatable bonds is 7. The molecule has 0 fully saturated rings. The largest absolute Gasteiger partial charge is 0.434 e. The molecule has 5 nitrogen and oxygen atoms in total. The van der Waals surface area contributed by atoms with E-state index in [4.69, 9.17) is 4.52 Å². The molecule has 0 unspecified atom stereocenters. The third-order valence-corrected chi connectivity index (χ3v) is 3.79. The second-order valence-electron chi connectivity index (χ2n) is 6.04. The first-order valence-electron chi connectivity index (χ1n) is 8.12. The van der Waals surface area contributed by atoms with Crippen LogP contribution in [-0.4, -0.2) is 28.7 Å². The number of para-hydroxylation sites is 1. The first kappa shape index (κ1) is 18.0. The van der Waals surface area contributed by atoms with Crippen molar-refractivity contribution in [3.8, 4) is 17.1 Å². The summed E-state index contributed by atoms with van der Waals surface area (Å²) in [4.78, 5) is 6.33. The van der Waals surface area contributed by atoms with E-state index < -0.39 is 6.61 Å². The maximum absolute atomic E-state index is 12.5. The van der Waals surface area contributed by atoms with Crippen LogP contribution >= 0.6 is 0 Å². The van der Waals surface area contributed by atoms with Gasteiger partial charge in [-0.15, -0.1) is 0 Å². The fourth-order valence-electron chi connectivity index (χ4n) is 2.57. The Morgan fingerprint density at radius 3 is 2.54 bits per heavy atom. The minimum Gasteiger partial charge on any atom is -0.434 e. The van der Waals surface area contributed by atoms with Crippen LogP contribution in [0.2, 0.25) is 0 Å². The van der Waals surface area contributed by atoms with Gasteiger partial charge in [0.2, 0.25) is 11.7 Å². The summed E-state index contributed by atoms with van der Waals surface area (Å²) in [7, 11) is 1.94. The van der Waals surface area contributed by atoms with E-state index >= 15 is 0 Å². The van der Waals surface area contributed by atoms with E-state index in [1.807, 2.05) is 18.9 Å². The monoisotopic (exact) mass is 359 g/mol. The molecule has 0 saturated heterocycles. The maximum atomic E-state index is 12.5. The zero-order valence-corrected chi connectivity index (χ0v) is 14.5. The Hall–Kier alpha value is -2.80. The lowest BCUT2D eigenvalue weighted by atomic mass is 10.1. The predicted octanol–water partition coefficient (Wildman–Crippen LogP) is 4.28. The number of hydrogen-bond donors (Lipinski definition) is 0. The van der Waals surface area contributed by atoms with Crippen molar-refractivity contribution < 1.29 is 18.0 Å². The summed E-state index contributed by atoms with van der Waals surface area (Å²) in [5.74, 6) is 0.643. The normalized spacial score (nSPS) is 11.3. The van der Waals surface area contributed by atoms with E-state index in [1.165, 1.54) is 17.2 Å². The van der Waals surface area contributed by atoms with Gasteiger partial charge in [-0.05, 0) is 31.7 Å². The molecular weight excluding hydrogens is 340 g/mol. The van der Waals surface area contributed by atoms with Gasteiger partial charge >= 0.3 is 6.61 Å². The molecule has 1 heterocycles. The number of halogens is 2. The quantitative estimate of drug-likeness (QED) is 0.630. The van der Waals surface area contributed by atoms with E-state index in [9.17, 15) is 8.78 Å². The molecule has 0 spiro atoms. The summed E-state index contributed by atoms with van der Waals surface area (Å²) in [6, 6.07) is 14.6. The molecule has 0 radical (unpaired) electrons. The predicted molar refractivity (Wildman–Crippen MR) is 92.7 cm³/mol. The molecule has 136 valence electrons. The van der Waals surface area contributed by atoms with Crippen molar-refractivity contribution in [2.45, 2.75) is 26.6 Å². The average molecular weight is 359 g/mol. The minimum absolute atomic E-state index is 0.0165. The molecule has 3 rings (SSSR count). The first-order chi connectivity index (χ1) is 12.5. The summed E-state index contributed by atoms with van der Waals surface area (Å²) in [6.45, 7) is 0.299. The topological polar surface area (TPSA) is 51.4 Å². The minimum atomic E-state index is -2.91. The van der Waals surface area contributed by atoms with Crippen LogP contribution in [0.15, 0.2) is 53.1 Å². The van der Waals surface area contributed by atoms with Crippen LogP contribution in [0.1, 0.15) is 17.0 Å². The van der Waals surface area contributed by atoms with Gasteiger partial charge < -0.3 is 9.26 Å². The van der Waals surface area contributed by atoms with E-state index in [0.717, 1.165) is 6.54 Å². The van der Waals surface area contributed by atoms with Gasteiger partial charge in [0, 0.05) is 6.54 Å². The van der Waals surface area contributed by atoms with E-state index in [0.29, 0.717) is 18.0 Å². The number of hydrogen-bond acceptors (Lipinski definition) is 5. The third-order valence-electron chi connectivity index (χ3n) is 3.79. The summed E-state index contributed by atoms with van der Waals surface area (Å²) >= 11 is 0. The average Bonchev–Trinajstić information content (AvgIpc) is 3.05. The summed E-state index contributed by atoms with van der Waals surface area (Å²) in [6.07, 6.45) is 0. The van der Waals surface area contributed by atoms with Crippen LogP contribution in [0.25, 0.3) is 11.4 Å². The van der Waals surface area contributed by atoms with Crippen LogP contribution in [0.4, 0.5) is 8.78 Å². The molecule has 26 heavy (non-hydrogen) atoms. The molecule has 7 heteroatoms. The van der Waals surface area contributed by atoms with Gasteiger partial charge in [0.05, 0.1) is 12.1 Å². The van der Waals surface area contributed by atoms with Gasteiger partial charge in [0.25, 0.3) is 0 Å². The number of ether oxygens (including phenoxy) is 1. The maximum Gasteiger partial charge on any atom is 0.387 e. The zero-order chi connectivity index (χ0) is 18.5. The lowest BCUT2D eigenvalue weighted by Gasteiger charge is -2.14. The van der Waals surface area contributed by atoms with Crippen LogP contribution in [0, 0.1) is 6.92 Å². The number of benzene rings is 2. The molecule has 0 bridgehead atoms. The van der Waals surface area contributed by atoms with E-state index in [1.54, 1.807) is 18.2 Å². The summed E-state index contributed by atoms with van der Waals surface area (Å²) in [5, 5.41) is 3.89. The highest BCUT2D eigenvalue weighted by Gasteiger charge is 2.16. The molecule has 3 aromatic rings. The Kier molecular flexibility index (Phi) is 5.58. The van der Waals surface area contributed by atoms with Gasteiger partial charge in [-0.1, -0.05) is 47.1 Å². The van der Waals surface area contributed by atoms with Gasteiger partial charge in [-0.25, -0.2) is 0 Å². The van der Waals surface area contributed by atoms with E-state index in [-0.39, 0.29) is 11.6 Å². The molecular formula is C19H19F2N3O2. The molecule has 0 aliphatic rings. The van der Waals surface area contributed by atoms with Crippen molar-refractivity contribution in [2.75, 3.05) is 7.05 Å². The second-order valence-corrected chi connectivity index (χ2v) is 6.04. The molecule has 0 amide bonds. The second kappa shape index (κ2) is 8.05. The molecule has 0 saturated carbocycles. The fraction of sp³-hybridized carbons (Fsp3) is 0.263. The zero-order valence-electron chi connectivity index (χ0n) is 14.5. The Morgan fingerprint density at radius 1 is 1.08 bits per heavy atom. The van der Waals surface area contributed by atoms with Crippen molar-refractivity contribution in [1.82, 2.24) is 15.0 Å². The van der Waals surface area contributed by atoms with Crippen LogP contribution < -0.4 is 4.74 Å². The third kappa shape index (κ3) is 4.64. The van der Waals surface area contributed by atoms with Gasteiger partial charge in [-0.2, -0.15) is 13.8 Å². The summed E-state index contributed by atoms with van der Waals surface area (Å²) in [5.41, 5.74) is 2.75. The standard InChI is InChI=1S/C19H19F2N3O2/c1-13-7-9-14(10-8-13)11-24(2)12-17-22-18(23-26-17)15-5-3-4-6-16(15)25-19(20)21/h3-10,19H,11-12H2,1-2H3. The van der Waals surface area contributed by atoms with Crippen molar-refractivity contribution in [2.24, 2.45) is 0 Å². The van der Waals surface area contributed by atoms with Gasteiger partial charge in [0.1, 0.15) is 5.75 Å². The van der Waals surface area contributed by atoms with Crippen molar-refractivity contribution >= 4 is 0 Å². The SMILES string of the molecule is Cc1ccc(CN(C)Cc2nc(-c3ccccc3OC(F)F)no2)cc1. The number of aromatic nitrogens is 2. The molecule has 1 aromatic heterocycles. The summed E-state index contributed by atoms with van der Waals surface area (Å²) < 4.78 is 34.8. The number of nitrogens with zero attached hydrogens (tertiary/aromatic N) is 3. The Morgan fingerprint density at radius 2 is 1.81 bits per heavy atom. The highest BCUT2D eigenvalue weighted by molar-refractivity contribution is 5.63. The van der Waals surface area contributed by atoms with Gasteiger partial charge in [-0.3, -0.25) is 4.90 Å². The van der Waals surface area contributed by atoms with Crippen LogP contribution in [0.5, 0.6) is 5.75 Å². The lowest BCUT2D eigenvalue weighted by Crippen LogP contribution is -2.17. The number of alkyl halides is 2. The van der Waals surface area contributed by atoms with E-state index in [2.05, 4.69) is 39.1 Å². The Balaban J connectivity index is 1.69. The number of aryl methyl sites for hydroxylation is 1. The fourth-order valence-corrected chi connectivity index (χ4v) is 2.57. The van der Waals surface area contributed by atoms with Gasteiger partial charge in [0.15, 0.2) is 0 Å². The smallest absolute Gasteiger partial charge is 0.387 e. The van der Waals surface area contributed by atoms with Crippen LogP contribution in [-0.2, 0) is 13.1 Å². The van der Waals surface area contributed by atoms with Crippen LogP contribution in [0.3, 0.4) is 0 Å². The van der Waals surface area contributed by atoms with Crippen molar-refractivity contribution in [3.05, 3.63) is 65.5 Å². The van der Waals surface area contributed by atoms with Crippen molar-refractivity contribution in [3.63, 3.8) is 0 Å². The molecule has 0 N–H and O–H groups in total. The molecule has 2 aromatic carbocycles. The van der Waals surface area contributed by atoms with Crippen molar-refractivity contribution in [1.29, 1.82) is 0 Å². The Labute approximate surface area is 150 Å². The Bertz CT molecular complexity index is 850. The highest BCUT2D eigenvalue weighted by atomic mass is 19.3. The molecule has 0 aliphatic carbocycles. The first-order valence-corrected chi connectivity index (χ1v) is 8.12. The lowest BCUT2D eigenvalue weighted by molar-refractivity contribution is -0.0494. The highest BCUT2D eigenvalue weighted by Crippen LogP contribution is 2.29. The molecule has 0 aliphatic heterocycles.